The second-order valence-electron chi connectivity index (χ2n) is 3.38. The maximum Gasteiger partial charge on any atom is 0.252 e. The molecule has 6 heteroatoms. The molecule has 0 aliphatic rings. The largest absolute Gasteiger partial charge is 0.287 e. The van der Waals surface area contributed by atoms with Crippen molar-refractivity contribution in [2.45, 2.75) is 12.8 Å². The SMILES string of the molecule is O=C(I)Cc1cc(CC(=O)I)cc(C(=O)Cl)c1. The Balaban J connectivity index is 3.13. The first-order valence-electron chi connectivity index (χ1n) is 4.58. The van der Waals surface area contributed by atoms with Crippen LogP contribution >= 0.6 is 56.8 Å². The molecule has 0 aromatic heterocycles. The molecule has 0 bridgehead atoms. The second-order valence-corrected chi connectivity index (χ2v) is 6.13. The molecule has 0 heterocycles. The average Bonchev–Trinajstić information content (AvgIpc) is 2.14. The molecule has 17 heavy (non-hydrogen) atoms. The van der Waals surface area contributed by atoms with Gasteiger partial charge in [-0.2, -0.15) is 0 Å². The van der Waals surface area contributed by atoms with E-state index in [1.54, 1.807) is 63.4 Å². The number of hydrogen-bond acceptors (Lipinski definition) is 3. The van der Waals surface area contributed by atoms with Crippen LogP contribution in [0.3, 0.4) is 0 Å². The van der Waals surface area contributed by atoms with E-state index < -0.39 is 5.24 Å². The first-order chi connectivity index (χ1) is 7.88. The van der Waals surface area contributed by atoms with Crippen LogP contribution in [0, 0.1) is 0 Å². The van der Waals surface area contributed by atoms with Crippen molar-refractivity contribution in [1.82, 2.24) is 0 Å². The predicted octanol–water partition coefficient (Wildman–Crippen LogP) is 3.07. The lowest BCUT2D eigenvalue weighted by molar-refractivity contribution is -0.109. The smallest absolute Gasteiger partial charge is 0.252 e. The van der Waals surface area contributed by atoms with Gasteiger partial charge in [-0.05, 0) is 80.0 Å². The van der Waals surface area contributed by atoms with Crippen LogP contribution in [0.1, 0.15) is 21.5 Å². The van der Waals surface area contributed by atoms with Crippen LogP contribution in [0.4, 0.5) is 0 Å². The summed E-state index contributed by atoms with van der Waals surface area (Å²) in [5, 5.41) is -0.588. The fourth-order valence-corrected chi connectivity index (χ4v) is 2.39. The maximum atomic E-state index is 11.1. The molecule has 0 spiro atoms. The lowest BCUT2D eigenvalue weighted by Crippen LogP contribution is -2.01. The third-order valence-electron chi connectivity index (χ3n) is 1.97. The van der Waals surface area contributed by atoms with Gasteiger partial charge in [0.1, 0.15) is 0 Å². The highest BCUT2D eigenvalue weighted by Gasteiger charge is 2.09. The maximum absolute atomic E-state index is 11.1. The Kier molecular flexibility index (Phi) is 6.01. The van der Waals surface area contributed by atoms with Crippen LogP contribution in [-0.4, -0.2) is 12.8 Å². The Hall–Kier alpha value is -0.0200. The van der Waals surface area contributed by atoms with Crippen molar-refractivity contribution < 1.29 is 14.4 Å². The summed E-state index contributed by atoms with van der Waals surface area (Å²) in [5.74, 6) is 0. The molecule has 0 N–H and O–H groups in total. The molecule has 1 aromatic carbocycles. The first kappa shape index (κ1) is 15.0. The second kappa shape index (κ2) is 6.79. The Morgan fingerprint density at radius 1 is 0.941 bits per heavy atom. The Morgan fingerprint density at radius 3 is 1.65 bits per heavy atom. The summed E-state index contributed by atoms with van der Waals surface area (Å²) in [6, 6.07) is 4.90. The van der Waals surface area contributed by atoms with Crippen molar-refractivity contribution in [1.29, 1.82) is 0 Å². The monoisotopic (exact) mass is 476 g/mol. The highest BCUT2D eigenvalue weighted by atomic mass is 127. The summed E-state index contributed by atoms with van der Waals surface area (Å²) < 4.78 is -0.0676. The zero-order valence-electron chi connectivity index (χ0n) is 8.50. The van der Waals surface area contributed by atoms with Crippen LogP contribution in [0.5, 0.6) is 0 Å². The molecule has 0 amide bonds. The minimum atomic E-state index is -0.588. The van der Waals surface area contributed by atoms with Gasteiger partial charge in [0.2, 0.25) is 0 Å². The van der Waals surface area contributed by atoms with Gasteiger partial charge in [-0.3, -0.25) is 14.4 Å². The standard InChI is InChI=1S/C11H7ClI2O3/c12-11(17)8-2-6(4-9(13)15)1-7(3-8)5-10(14)16/h1-3H,4-5H2. The molecule has 0 unspecified atom stereocenters. The van der Waals surface area contributed by atoms with Crippen molar-refractivity contribution in [3.8, 4) is 0 Å². The number of carbonyl (C=O) groups excluding carboxylic acids is 3. The summed E-state index contributed by atoms with van der Waals surface area (Å²) in [4.78, 5) is 33.2. The molecule has 0 radical (unpaired) electrons. The molecule has 3 nitrogen and oxygen atoms in total. The lowest BCUT2D eigenvalue weighted by Gasteiger charge is -2.04. The van der Waals surface area contributed by atoms with E-state index in [2.05, 4.69) is 0 Å². The highest BCUT2D eigenvalue weighted by Crippen LogP contribution is 2.16. The molecule has 0 aliphatic heterocycles. The quantitative estimate of drug-likeness (QED) is 0.485. The molecule has 1 aromatic rings. The van der Waals surface area contributed by atoms with Crippen LogP contribution in [0.25, 0.3) is 0 Å². The van der Waals surface area contributed by atoms with Crippen LogP contribution < -0.4 is 0 Å². The normalized spacial score (nSPS) is 10.1. The Labute approximate surface area is 131 Å². The van der Waals surface area contributed by atoms with Gasteiger partial charge in [0.15, 0.2) is 7.58 Å². The van der Waals surface area contributed by atoms with Gasteiger partial charge < -0.3 is 0 Å². The lowest BCUT2D eigenvalue weighted by atomic mass is 10.0. The Bertz CT molecular complexity index is 451. The molecular weight excluding hydrogens is 469 g/mol. The van der Waals surface area contributed by atoms with Crippen molar-refractivity contribution in [2.24, 2.45) is 0 Å². The van der Waals surface area contributed by atoms with E-state index in [0.717, 1.165) is 0 Å². The number of benzene rings is 1. The molecule has 0 aliphatic carbocycles. The average molecular weight is 476 g/mol. The topological polar surface area (TPSA) is 51.2 Å². The fraction of sp³-hybridized carbons (Fsp3) is 0.182. The van der Waals surface area contributed by atoms with Crippen molar-refractivity contribution in [2.75, 3.05) is 0 Å². The summed E-state index contributed by atoms with van der Waals surface area (Å²) in [7, 11) is 0. The van der Waals surface area contributed by atoms with Crippen LogP contribution in [0.2, 0.25) is 0 Å². The van der Waals surface area contributed by atoms with Crippen LogP contribution in [-0.2, 0) is 22.4 Å². The summed E-state index contributed by atoms with van der Waals surface area (Å²) >= 11 is 8.78. The minimum absolute atomic E-state index is 0.0338. The minimum Gasteiger partial charge on any atom is -0.287 e. The number of carbonyl (C=O) groups is 3. The van der Waals surface area contributed by atoms with Crippen molar-refractivity contribution in [3.63, 3.8) is 0 Å². The molecule has 0 saturated heterocycles. The van der Waals surface area contributed by atoms with Gasteiger partial charge >= 0.3 is 0 Å². The third-order valence-corrected chi connectivity index (χ3v) is 2.95. The Morgan fingerprint density at radius 2 is 1.35 bits per heavy atom. The number of halogens is 3. The van der Waals surface area contributed by atoms with E-state index in [-0.39, 0.29) is 20.4 Å². The van der Waals surface area contributed by atoms with E-state index >= 15 is 0 Å². The molecule has 0 atom stereocenters. The van der Waals surface area contributed by atoms with Gasteiger partial charge in [-0.1, -0.05) is 6.07 Å². The zero-order valence-corrected chi connectivity index (χ0v) is 13.6. The van der Waals surface area contributed by atoms with Crippen LogP contribution in [0.15, 0.2) is 18.2 Å². The van der Waals surface area contributed by atoms with Crippen molar-refractivity contribution in [3.05, 3.63) is 34.9 Å². The van der Waals surface area contributed by atoms with E-state index in [0.29, 0.717) is 16.7 Å². The summed E-state index contributed by atoms with van der Waals surface area (Å²) in [6.45, 7) is 0. The highest BCUT2D eigenvalue weighted by molar-refractivity contribution is 14.1. The molecule has 0 fully saturated rings. The first-order valence-corrected chi connectivity index (χ1v) is 7.11. The third kappa shape index (κ3) is 5.43. The molecule has 0 saturated carbocycles. The van der Waals surface area contributed by atoms with Gasteiger partial charge in [-0.25, -0.2) is 0 Å². The predicted molar refractivity (Wildman–Crippen MR) is 82.1 cm³/mol. The fourth-order valence-electron chi connectivity index (χ4n) is 1.40. The van der Waals surface area contributed by atoms with E-state index in [1.807, 2.05) is 0 Å². The summed E-state index contributed by atoms with van der Waals surface area (Å²) in [6.07, 6.45) is 0.446. The summed E-state index contributed by atoms with van der Waals surface area (Å²) in [5.41, 5.74) is 1.71. The molecular formula is C11H7ClI2O3. The van der Waals surface area contributed by atoms with Gasteiger partial charge in [0.25, 0.3) is 5.24 Å². The van der Waals surface area contributed by atoms with E-state index in [1.165, 1.54) is 0 Å². The van der Waals surface area contributed by atoms with E-state index in [9.17, 15) is 14.4 Å². The van der Waals surface area contributed by atoms with Gasteiger partial charge in [0.05, 0.1) is 0 Å². The van der Waals surface area contributed by atoms with Gasteiger partial charge in [0, 0.05) is 18.4 Å². The van der Waals surface area contributed by atoms with Gasteiger partial charge in [-0.15, -0.1) is 0 Å². The molecule has 90 valence electrons. The van der Waals surface area contributed by atoms with Crippen molar-refractivity contribution >= 4 is 69.6 Å². The number of hydrogen-bond donors (Lipinski definition) is 0. The van der Waals surface area contributed by atoms with E-state index in [4.69, 9.17) is 11.6 Å². The molecule has 1 rings (SSSR count). The zero-order chi connectivity index (χ0) is 13.0. The number of rotatable bonds is 5.